The zero-order valence-corrected chi connectivity index (χ0v) is 7.15. The minimum atomic E-state index is -1.17. The first-order valence-corrected chi connectivity index (χ1v) is 4.25. The van der Waals surface area contributed by atoms with E-state index >= 15 is 0 Å². The average Bonchev–Trinajstić information content (AvgIpc) is 1.88. The Morgan fingerprint density at radius 1 is 1.91 bits per heavy atom. The predicted octanol–water partition coefficient (Wildman–Crippen LogP) is 0.171. The van der Waals surface area contributed by atoms with Crippen LogP contribution in [0, 0.1) is 5.41 Å². The third kappa shape index (κ3) is 4.00. The number of nitrogens with two attached hydrogens (primary N) is 1. The maximum atomic E-state index is 10.4. The maximum Gasteiger partial charge on any atom is 0.324 e. The Hall–Kier alpha value is -0.550. The number of hydrogen-bond donors (Lipinski definition) is 3. The molecule has 64 valence electrons. The fourth-order valence-corrected chi connectivity index (χ4v) is 1.17. The van der Waals surface area contributed by atoms with Crippen LogP contribution in [0.15, 0.2) is 0 Å². The number of carbonyl (C=O) groups is 1. The molecule has 4 N–H and O–H groups in total. The van der Waals surface area contributed by atoms with Crippen LogP contribution >= 0.6 is 11.8 Å². The predicted molar refractivity (Wildman–Crippen MR) is 46.3 cm³/mol. The molecule has 0 aliphatic heterocycles. The molecule has 1 atom stereocenters. The Morgan fingerprint density at radius 3 is 2.82 bits per heavy atom. The van der Waals surface area contributed by atoms with Crippen LogP contribution in [0.25, 0.3) is 0 Å². The van der Waals surface area contributed by atoms with E-state index in [2.05, 4.69) is 0 Å². The van der Waals surface area contributed by atoms with Gasteiger partial charge in [-0.1, -0.05) is 0 Å². The van der Waals surface area contributed by atoms with Gasteiger partial charge in [0.1, 0.15) is 5.54 Å². The van der Waals surface area contributed by atoms with Crippen molar-refractivity contribution < 1.29 is 9.90 Å². The Labute approximate surface area is 69.7 Å². The molecule has 0 fully saturated rings. The second-order valence-electron chi connectivity index (χ2n) is 2.44. The van der Waals surface area contributed by atoms with E-state index in [0.717, 1.165) is 0 Å². The van der Waals surface area contributed by atoms with E-state index in [1.807, 2.05) is 0 Å². The summed E-state index contributed by atoms with van der Waals surface area (Å²) in [5.74, 6) is -0.160. The van der Waals surface area contributed by atoms with Gasteiger partial charge in [-0.2, -0.15) is 11.8 Å². The van der Waals surface area contributed by atoms with Gasteiger partial charge in [0.25, 0.3) is 0 Å². The highest BCUT2D eigenvalue weighted by Crippen LogP contribution is 2.09. The zero-order chi connectivity index (χ0) is 8.91. The summed E-state index contributed by atoms with van der Waals surface area (Å²) < 4.78 is 0. The first kappa shape index (κ1) is 10.4. The number of hydrogen-bond acceptors (Lipinski definition) is 4. The van der Waals surface area contributed by atoms with Crippen LogP contribution in [-0.2, 0) is 4.79 Å². The molecule has 11 heavy (non-hydrogen) atoms. The van der Waals surface area contributed by atoms with Crippen molar-refractivity contribution in [2.45, 2.75) is 12.5 Å². The van der Waals surface area contributed by atoms with Gasteiger partial charge >= 0.3 is 5.97 Å². The van der Waals surface area contributed by atoms with E-state index in [4.69, 9.17) is 16.2 Å². The first-order valence-electron chi connectivity index (χ1n) is 3.09. The molecular weight excluding hydrogens is 164 g/mol. The van der Waals surface area contributed by atoms with Crippen LogP contribution in [0.3, 0.4) is 0 Å². The fourth-order valence-electron chi connectivity index (χ4n) is 0.392. The number of aliphatic carboxylic acids is 1. The van der Waals surface area contributed by atoms with Crippen LogP contribution in [-0.4, -0.2) is 34.3 Å². The molecule has 0 saturated carbocycles. The molecule has 0 spiro atoms. The van der Waals surface area contributed by atoms with Gasteiger partial charge in [-0.15, -0.1) is 0 Å². The Kier molecular flexibility index (Phi) is 4.14. The van der Waals surface area contributed by atoms with Crippen molar-refractivity contribution in [2.75, 3.05) is 11.5 Å². The highest BCUT2D eigenvalue weighted by Gasteiger charge is 2.27. The molecule has 0 aliphatic rings. The van der Waals surface area contributed by atoms with Crippen molar-refractivity contribution in [1.29, 1.82) is 5.41 Å². The van der Waals surface area contributed by atoms with E-state index < -0.39 is 11.5 Å². The molecule has 0 aliphatic carbocycles. The van der Waals surface area contributed by atoms with Crippen LogP contribution in [0.1, 0.15) is 6.92 Å². The van der Waals surface area contributed by atoms with E-state index in [1.54, 1.807) is 0 Å². The van der Waals surface area contributed by atoms with Gasteiger partial charge in [0, 0.05) is 17.7 Å². The SMILES string of the molecule is C[C@@](N)(CSCC=N)C(=O)O. The van der Waals surface area contributed by atoms with E-state index in [0.29, 0.717) is 11.5 Å². The highest BCUT2D eigenvalue weighted by molar-refractivity contribution is 7.99. The van der Waals surface area contributed by atoms with E-state index in [-0.39, 0.29) is 0 Å². The molecule has 0 aromatic rings. The number of carboxylic acids is 1. The van der Waals surface area contributed by atoms with Gasteiger partial charge in [-0.3, -0.25) is 4.79 Å². The first-order chi connectivity index (χ1) is 5.00. The minimum absolute atomic E-state index is 0.331. The second kappa shape index (κ2) is 4.35. The van der Waals surface area contributed by atoms with E-state index in [9.17, 15) is 4.79 Å². The van der Waals surface area contributed by atoms with Crippen LogP contribution < -0.4 is 5.73 Å². The molecule has 0 radical (unpaired) electrons. The maximum absolute atomic E-state index is 10.4. The van der Waals surface area contributed by atoms with Crippen molar-refractivity contribution in [3.63, 3.8) is 0 Å². The van der Waals surface area contributed by atoms with Crippen LogP contribution in [0.2, 0.25) is 0 Å². The molecule has 0 bridgehead atoms. The summed E-state index contributed by atoms with van der Waals surface area (Å²) in [4.78, 5) is 10.4. The van der Waals surface area contributed by atoms with Gasteiger partial charge < -0.3 is 16.2 Å². The summed E-state index contributed by atoms with van der Waals surface area (Å²) in [6.45, 7) is 1.46. The van der Waals surface area contributed by atoms with Crippen molar-refractivity contribution in [1.82, 2.24) is 0 Å². The summed E-state index contributed by atoms with van der Waals surface area (Å²) in [5, 5.41) is 15.2. The molecule has 0 unspecified atom stereocenters. The van der Waals surface area contributed by atoms with E-state index in [1.165, 1.54) is 24.9 Å². The summed E-state index contributed by atoms with van der Waals surface area (Å²) >= 11 is 1.34. The molecule has 0 aromatic carbocycles. The summed E-state index contributed by atoms with van der Waals surface area (Å²) in [6.07, 6.45) is 1.22. The lowest BCUT2D eigenvalue weighted by Gasteiger charge is -2.17. The number of rotatable bonds is 5. The third-order valence-electron chi connectivity index (χ3n) is 1.09. The lowest BCUT2D eigenvalue weighted by atomic mass is 10.1. The van der Waals surface area contributed by atoms with Crippen LogP contribution in [0.5, 0.6) is 0 Å². The molecule has 0 amide bonds. The van der Waals surface area contributed by atoms with Gasteiger partial charge in [0.2, 0.25) is 0 Å². The number of carboxylic acid groups (broad SMARTS) is 1. The summed E-state index contributed by atoms with van der Waals surface area (Å²) in [6, 6.07) is 0. The lowest BCUT2D eigenvalue weighted by molar-refractivity contribution is -0.141. The number of nitrogens with one attached hydrogen (secondary N) is 1. The summed E-state index contributed by atoms with van der Waals surface area (Å²) in [5.41, 5.74) is 4.23. The van der Waals surface area contributed by atoms with Gasteiger partial charge in [-0.25, -0.2) is 0 Å². The lowest BCUT2D eigenvalue weighted by Crippen LogP contribution is -2.47. The average molecular weight is 176 g/mol. The van der Waals surface area contributed by atoms with Gasteiger partial charge in [-0.05, 0) is 6.92 Å². The molecule has 0 aromatic heterocycles. The van der Waals surface area contributed by atoms with Gasteiger partial charge in [0.15, 0.2) is 0 Å². The third-order valence-corrected chi connectivity index (χ3v) is 2.30. The molecule has 5 heteroatoms. The Bertz CT molecular complexity index is 159. The summed E-state index contributed by atoms with van der Waals surface area (Å²) in [7, 11) is 0. The highest BCUT2D eigenvalue weighted by atomic mass is 32.2. The Morgan fingerprint density at radius 2 is 2.45 bits per heavy atom. The second-order valence-corrected chi connectivity index (χ2v) is 3.47. The molecule has 0 heterocycles. The van der Waals surface area contributed by atoms with Crippen molar-refractivity contribution in [3.8, 4) is 0 Å². The van der Waals surface area contributed by atoms with Crippen molar-refractivity contribution in [3.05, 3.63) is 0 Å². The molecular formula is C6H12N2O2S. The number of thioether (sulfide) groups is 1. The van der Waals surface area contributed by atoms with Crippen LogP contribution in [0.4, 0.5) is 0 Å². The smallest absolute Gasteiger partial charge is 0.324 e. The monoisotopic (exact) mass is 176 g/mol. The molecule has 0 saturated heterocycles. The molecule has 0 rings (SSSR count). The topological polar surface area (TPSA) is 87.2 Å². The van der Waals surface area contributed by atoms with Crippen molar-refractivity contribution >= 4 is 23.9 Å². The minimum Gasteiger partial charge on any atom is -0.480 e. The quantitative estimate of drug-likeness (QED) is 0.411. The normalized spacial score (nSPS) is 15.5. The zero-order valence-electron chi connectivity index (χ0n) is 6.33. The van der Waals surface area contributed by atoms with Crippen molar-refractivity contribution in [2.24, 2.45) is 5.73 Å². The fraction of sp³-hybridized carbons (Fsp3) is 0.667. The Balaban J connectivity index is 3.72. The molecule has 4 nitrogen and oxygen atoms in total. The largest absolute Gasteiger partial charge is 0.480 e. The van der Waals surface area contributed by atoms with Gasteiger partial charge in [0.05, 0.1) is 0 Å². The standard InChI is InChI=1S/C6H12N2O2S/c1-6(8,5(9)10)4-11-3-2-7/h2,7H,3-4,8H2,1H3,(H,9,10)/t6-/m1/s1.